The van der Waals surface area contributed by atoms with Crippen LogP contribution in [0.15, 0.2) is 48.5 Å². The molecular weight excluding hydrogens is 428 g/mol. The fourth-order valence-electron chi connectivity index (χ4n) is 3.26. The van der Waals surface area contributed by atoms with Crippen molar-refractivity contribution in [3.8, 4) is 0 Å². The maximum Gasteiger partial charge on any atom is 0.242 e. The van der Waals surface area contributed by atoms with Crippen molar-refractivity contribution in [3.63, 3.8) is 0 Å². The molecule has 168 valence electrons. The standard InChI is InChI=1S/C25H33ClN2O2S/c1-5-23(25(30)27-14-18(2)3)28(15-20-11-8-9-13-22(20)26)24(29)17-31-16-21-12-7-6-10-19(21)4/h6-13,18,23H,5,14-17H2,1-4H3,(H,27,30)/t23-/m1/s1. The van der Waals surface area contributed by atoms with Gasteiger partial charge in [0.25, 0.3) is 0 Å². The first kappa shape index (κ1) is 25.3. The molecule has 6 heteroatoms. The van der Waals surface area contributed by atoms with Gasteiger partial charge in [0.15, 0.2) is 0 Å². The van der Waals surface area contributed by atoms with Crippen molar-refractivity contribution in [2.45, 2.75) is 52.5 Å². The van der Waals surface area contributed by atoms with Crippen LogP contribution in [0.4, 0.5) is 0 Å². The molecule has 2 rings (SSSR count). The van der Waals surface area contributed by atoms with E-state index in [0.29, 0.717) is 36.2 Å². The third-order valence-electron chi connectivity index (χ3n) is 5.11. The number of thioether (sulfide) groups is 1. The summed E-state index contributed by atoms with van der Waals surface area (Å²) >= 11 is 7.93. The maximum absolute atomic E-state index is 13.3. The Kier molecular flexibility index (Phi) is 10.4. The zero-order chi connectivity index (χ0) is 22.8. The van der Waals surface area contributed by atoms with Gasteiger partial charge in [-0.2, -0.15) is 0 Å². The first-order chi connectivity index (χ1) is 14.8. The molecule has 0 fully saturated rings. The van der Waals surface area contributed by atoms with Crippen molar-refractivity contribution >= 4 is 35.2 Å². The highest BCUT2D eigenvalue weighted by Gasteiger charge is 2.29. The molecule has 2 aromatic rings. The second-order valence-electron chi connectivity index (χ2n) is 8.10. The van der Waals surface area contributed by atoms with Crippen LogP contribution in [0.25, 0.3) is 0 Å². The first-order valence-corrected chi connectivity index (χ1v) is 12.3. The van der Waals surface area contributed by atoms with Crippen molar-refractivity contribution in [1.82, 2.24) is 10.2 Å². The molecule has 2 amide bonds. The molecular formula is C25H33ClN2O2S. The third kappa shape index (κ3) is 7.89. The highest BCUT2D eigenvalue weighted by Crippen LogP contribution is 2.22. The van der Waals surface area contributed by atoms with E-state index in [2.05, 4.69) is 38.2 Å². The van der Waals surface area contributed by atoms with Crippen LogP contribution in [-0.2, 0) is 21.9 Å². The normalized spacial score (nSPS) is 11.9. The lowest BCUT2D eigenvalue weighted by molar-refractivity contribution is -0.139. The van der Waals surface area contributed by atoms with Gasteiger partial charge in [-0.1, -0.05) is 74.8 Å². The Labute approximate surface area is 195 Å². The average Bonchev–Trinajstić information content (AvgIpc) is 2.74. The molecule has 0 aliphatic heterocycles. The van der Waals surface area contributed by atoms with Gasteiger partial charge in [0.05, 0.1) is 5.75 Å². The maximum atomic E-state index is 13.3. The number of carbonyl (C=O) groups excluding carboxylic acids is 2. The van der Waals surface area contributed by atoms with Gasteiger partial charge in [-0.25, -0.2) is 0 Å². The number of hydrogen-bond donors (Lipinski definition) is 1. The minimum Gasteiger partial charge on any atom is -0.354 e. The van der Waals surface area contributed by atoms with Gasteiger partial charge in [-0.15, -0.1) is 11.8 Å². The molecule has 4 nitrogen and oxygen atoms in total. The van der Waals surface area contributed by atoms with Crippen LogP contribution in [0, 0.1) is 12.8 Å². The largest absolute Gasteiger partial charge is 0.354 e. The second kappa shape index (κ2) is 12.8. The smallest absolute Gasteiger partial charge is 0.242 e. The summed E-state index contributed by atoms with van der Waals surface area (Å²) in [6, 6.07) is 15.1. The lowest BCUT2D eigenvalue weighted by Crippen LogP contribution is -2.50. The van der Waals surface area contributed by atoms with Crippen molar-refractivity contribution in [1.29, 1.82) is 0 Å². The predicted molar refractivity (Wildman–Crippen MR) is 131 cm³/mol. The van der Waals surface area contributed by atoms with E-state index in [1.54, 1.807) is 16.7 Å². The van der Waals surface area contributed by atoms with Crippen LogP contribution in [0.2, 0.25) is 5.02 Å². The van der Waals surface area contributed by atoms with E-state index in [1.165, 1.54) is 11.1 Å². The molecule has 31 heavy (non-hydrogen) atoms. The summed E-state index contributed by atoms with van der Waals surface area (Å²) in [5, 5.41) is 3.59. The van der Waals surface area contributed by atoms with Gasteiger partial charge < -0.3 is 10.2 Å². The minimum atomic E-state index is -0.526. The Morgan fingerprint density at radius 1 is 1.06 bits per heavy atom. The summed E-state index contributed by atoms with van der Waals surface area (Å²) in [7, 11) is 0. The molecule has 0 unspecified atom stereocenters. The Morgan fingerprint density at radius 3 is 2.32 bits per heavy atom. The van der Waals surface area contributed by atoms with Crippen molar-refractivity contribution < 1.29 is 9.59 Å². The molecule has 0 spiro atoms. The van der Waals surface area contributed by atoms with E-state index < -0.39 is 6.04 Å². The number of nitrogens with one attached hydrogen (secondary N) is 1. The molecule has 1 N–H and O–H groups in total. The molecule has 0 heterocycles. The van der Waals surface area contributed by atoms with E-state index in [9.17, 15) is 9.59 Å². The van der Waals surface area contributed by atoms with Crippen LogP contribution >= 0.6 is 23.4 Å². The molecule has 0 aromatic heterocycles. The fraction of sp³-hybridized carbons (Fsp3) is 0.440. The summed E-state index contributed by atoms with van der Waals surface area (Å²) in [5.74, 6) is 1.26. The van der Waals surface area contributed by atoms with Gasteiger partial charge in [0, 0.05) is 23.9 Å². The number of halogens is 1. The molecule has 2 aromatic carbocycles. The number of benzene rings is 2. The SMILES string of the molecule is CC[C@H](C(=O)NCC(C)C)N(Cc1ccccc1Cl)C(=O)CSCc1ccccc1C. The second-order valence-corrected chi connectivity index (χ2v) is 9.49. The van der Waals surface area contributed by atoms with E-state index in [1.807, 2.05) is 43.3 Å². The number of nitrogens with zero attached hydrogens (tertiary/aromatic N) is 1. The Morgan fingerprint density at radius 2 is 1.71 bits per heavy atom. The predicted octanol–water partition coefficient (Wildman–Crippen LogP) is 5.46. The van der Waals surface area contributed by atoms with Crippen molar-refractivity contribution in [2.75, 3.05) is 12.3 Å². The Balaban J connectivity index is 2.14. The average molecular weight is 461 g/mol. The highest BCUT2D eigenvalue weighted by atomic mass is 35.5. The molecule has 0 saturated carbocycles. The van der Waals surface area contributed by atoms with Crippen LogP contribution < -0.4 is 5.32 Å². The molecule has 1 atom stereocenters. The Hall–Kier alpha value is -1.98. The number of aryl methyl sites for hydroxylation is 1. The van der Waals surface area contributed by atoms with Crippen LogP contribution in [0.1, 0.15) is 43.9 Å². The summed E-state index contributed by atoms with van der Waals surface area (Å²) in [5.41, 5.74) is 3.28. The summed E-state index contributed by atoms with van der Waals surface area (Å²) < 4.78 is 0. The van der Waals surface area contributed by atoms with Crippen molar-refractivity contribution in [3.05, 3.63) is 70.2 Å². The van der Waals surface area contributed by atoms with Crippen LogP contribution in [0.3, 0.4) is 0 Å². The van der Waals surface area contributed by atoms with E-state index in [-0.39, 0.29) is 11.8 Å². The van der Waals surface area contributed by atoms with Crippen LogP contribution in [-0.4, -0.2) is 35.1 Å². The van der Waals surface area contributed by atoms with Gasteiger partial charge in [-0.05, 0) is 42.0 Å². The third-order valence-corrected chi connectivity index (χ3v) is 6.45. The minimum absolute atomic E-state index is 0.0509. The highest BCUT2D eigenvalue weighted by molar-refractivity contribution is 7.99. The van der Waals surface area contributed by atoms with Crippen molar-refractivity contribution in [2.24, 2.45) is 5.92 Å². The number of rotatable bonds is 11. The van der Waals surface area contributed by atoms with E-state index in [4.69, 9.17) is 11.6 Å². The van der Waals surface area contributed by atoms with E-state index in [0.717, 1.165) is 11.3 Å². The summed E-state index contributed by atoms with van der Waals surface area (Å²) in [6.45, 7) is 9.02. The summed E-state index contributed by atoms with van der Waals surface area (Å²) in [6.07, 6.45) is 0.544. The van der Waals surface area contributed by atoms with Gasteiger partial charge in [0.1, 0.15) is 6.04 Å². The Bertz CT molecular complexity index is 872. The number of hydrogen-bond acceptors (Lipinski definition) is 3. The monoisotopic (exact) mass is 460 g/mol. The summed E-state index contributed by atoms with van der Waals surface area (Å²) in [4.78, 5) is 27.8. The van der Waals surface area contributed by atoms with Gasteiger partial charge in [-0.3, -0.25) is 9.59 Å². The van der Waals surface area contributed by atoms with Crippen LogP contribution in [0.5, 0.6) is 0 Å². The number of amides is 2. The fourth-order valence-corrected chi connectivity index (χ4v) is 4.44. The zero-order valence-electron chi connectivity index (χ0n) is 18.9. The van der Waals surface area contributed by atoms with E-state index >= 15 is 0 Å². The molecule has 0 aliphatic carbocycles. The molecule has 0 bridgehead atoms. The molecule has 0 saturated heterocycles. The first-order valence-electron chi connectivity index (χ1n) is 10.8. The zero-order valence-corrected chi connectivity index (χ0v) is 20.4. The van der Waals surface area contributed by atoms with Gasteiger partial charge >= 0.3 is 0 Å². The quantitative estimate of drug-likeness (QED) is 0.484. The molecule has 0 radical (unpaired) electrons. The lowest BCUT2D eigenvalue weighted by atomic mass is 10.1. The lowest BCUT2D eigenvalue weighted by Gasteiger charge is -2.31. The number of carbonyl (C=O) groups is 2. The molecule has 0 aliphatic rings. The topological polar surface area (TPSA) is 49.4 Å². The van der Waals surface area contributed by atoms with Gasteiger partial charge in [0.2, 0.25) is 11.8 Å².